The summed E-state index contributed by atoms with van der Waals surface area (Å²) in [5.41, 5.74) is 1.38. The molecule has 1 aliphatic heterocycles. The van der Waals surface area contributed by atoms with Gasteiger partial charge in [0.15, 0.2) is 0 Å². The largest absolute Gasteiger partial charge is 0.463 e. The van der Waals surface area contributed by atoms with Crippen LogP contribution in [0.5, 0.6) is 0 Å². The standard InChI is InChI=1S/C17H19N3O5/c1-2-25-15(22)10-5-11-3-6-12(7-4-11)18-14(21)9-8-13-16(23)20-17(24)19-13/h3-7,10,13H,2,8-9H2,1H3,(H,18,21)(H2,19,20,23,24)/b10-5+. The van der Waals surface area contributed by atoms with Crippen molar-refractivity contribution in [3.63, 3.8) is 0 Å². The lowest BCUT2D eigenvalue weighted by atomic mass is 10.1. The Morgan fingerprint density at radius 3 is 2.56 bits per heavy atom. The van der Waals surface area contributed by atoms with Crippen molar-refractivity contribution in [3.8, 4) is 0 Å². The van der Waals surface area contributed by atoms with Crippen LogP contribution in [-0.4, -0.2) is 36.5 Å². The van der Waals surface area contributed by atoms with Crippen molar-refractivity contribution < 1.29 is 23.9 Å². The first kappa shape index (κ1) is 18.2. The van der Waals surface area contributed by atoms with Crippen LogP contribution in [0.3, 0.4) is 0 Å². The summed E-state index contributed by atoms with van der Waals surface area (Å²) in [5.74, 6) is -1.10. The Labute approximate surface area is 144 Å². The zero-order valence-electron chi connectivity index (χ0n) is 13.7. The second-order valence-corrected chi connectivity index (χ2v) is 5.31. The number of imide groups is 1. The molecule has 0 aromatic heterocycles. The average Bonchev–Trinajstić information content (AvgIpc) is 2.90. The number of ether oxygens (including phenoxy) is 1. The molecular formula is C17H19N3O5. The fraction of sp³-hybridized carbons (Fsp3) is 0.294. The molecule has 0 aliphatic carbocycles. The number of hydrogen-bond acceptors (Lipinski definition) is 5. The summed E-state index contributed by atoms with van der Waals surface area (Å²) in [6, 6.07) is 5.68. The van der Waals surface area contributed by atoms with Crippen LogP contribution in [0.15, 0.2) is 30.3 Å². The molecule has 1 saturated heterocycles. The zero-order valence-corrected chi connectivity index (χ0v) is 13.7. The van der Waals surface area contributed by atoms with Gasteiger partial charge in [0.1, 0.15) is 6.04 Å². The van der Waals surface area contributed by atoms with Crippen molar-refractivity contribution in [3.05, 3.63) is 35.9 Å². The molecule has 0 spiro atoms. The van der Waals surface area contributed by atoms with Crippen molar-refractivity contribution in [2.75, 3.05) is 11.9 Å². The average molecular weight is 345 g/mol. The predicted molar refractivity (Wildman–Crippen MR) is 90.4 cm³/mol. The number of amides is 4. The zero-order chi connectivity index (χ0) is 18.2. The maximum atomic E-state index is 11.9. The first-order valence-electron chi connectivity index (χ1n) is 7.84. The Bertz CT molecular complexity index is 697. The Morgan fingerprint density at radius 2 is 1.96 bits per heavy atom. The molecule has 1 heterocycles. The Balaban J connectivity index is 1.80. The second-order valence-electron chi connectivity index (χ2n) is 5.31. The highest BCUT2D eigenvalue weighted by Crippen LogP contribution is 2.12. The van der Waals surface area contributed by atoms with Gasteiger partial charge in [0.05, 0.1) is 6.61 Å². The van der Waals surface area contributed by atoms with E-state index in [0.29, 0.717) is 12.3 Å². The summed E-state index contributed by atoms with van der Waals surface area (Å²) in [5, 5.41) is 7.26. The van der Waals surface area contributed by atoms with E-state index in [2.05, 4.69) is 16.0 Å². The van der Waals surface area contributed by atoms with E-state index >= 15 is 0 Å². The minimum absolute atomic E-state index is 0.100. The SMILES string of the molecule is CCOC(=O)/C=C/c1ccc(NC(=O)CCC2NC(=O)NC2=O)cc1. The van der Waals surface area contributed by atoms with Gasteiger partial charge in [-0.1, -0.05) is 12.1 Å². The topological polar surface area (TPSA) is 114 Å². The highest BCUT2D eigenvalue weighted by molar-refractivity contribution is 6.04. The molecular weight excluding hydrogens is 326 g/mol. The van der Waals surface area contributed by atoms with Gasteiger partial charge in [0.2, 0.25) is 5.91 Å². The highest BCUT2D eigenvalue weighted by Gasteiger charge is 2.29. The third-order valence-electron chi connectivity index (χ3n) is 3.41. The van der Waals surface area contributed by atoms with E-state index in [1.807, 2.05) is 0 Å². The van der Waals surface area contributed by atoms with Crippen LogP contribution in [0.4, 0.5) is 10.5 Å². The summed E-state index contributed by atoms with van der Waals surface area (Å²) < 4.78 is 4.79. The van der Waals surface area contributed by atoms with E-state index in [-0.39, 0.29) is 18.7 Å². The molecule has 1 unspecified atom stereocenters. The fourth-order valence-corrected chi connectivity index (χ4v) is 2.19. The van der Waals surface area contributed by atoms with Crippen LogP contribution < -0.4 is 16.0 Å². The van der Waals surface area contributed by atoms with E-state index in [0.717, 1.165) is 5.56 Å². The van der Waals surface area contributed by atoms with Crippen molar-refractivity contribution in [2.24, 2.45) is 0 Å². The van der Waals surface area contributed by atoms with Gasteiger partial charge in [0.25, 0.3) is 5.91 Å². The van der Waals surface area contributed by atoms with Gasteiger partial charge in [-0.2, -0.15) is 0 Å². The number of benzene rings is 1. The minimum Gasteiger partial charge on any atom is -0.463 e. The van der Waals surface area contributed by atoms with Crippen molar-refractivity contribution in [1.29, 1.82) is 0 Å². The van der Waals surface area contributed by atoms with Crippen LogP contribution in [0.2, 0.25) is 0 Å². The lowest BCUT2D eigenvalue weighted by Gasteiger charge is -2.08. The molecule has 0 saturated carbocycles. The molecule has 3 N–H and O–H groups in total. The molecule has 1 aliphatic rings. The number of urea groups is 1. The lowest BCUT2D eigenvalue weighted by molar-refractivity contribution is -0.137. The molecule has 2 rings (SSSR count). The predicted octanol–water partition coefficient (Wildman–Crippen LogP) is 1.19. The fourth-order valence-electron chi connectivity index (χ4n) is 2.19. The summed E-state index contributed by atoms with van der Waals surface area (Å²) in [4.78, 5) is 45.5. The number of carbonyl (C=O) groups excluding carboxylic acids is 4. The van der Waals surface area contributed by atoms with Crippen LogP contribution in [0.1, 0.15) is 25.3 Å². The molecule has 25 heavy (non-hydrogen) atoms. The van der Waals surface area contributed by atoms with Crippen LogP contribution in [0, 0.1) is 0 Å². The maximum Gasteiger partial charge on any atom is 0.330 e. The maximum absolute atomic E-state index is 11.9. The van der Waals surface area contributed by atoms with E-state index < -0.39 is 23.9 Å². The molecule has 1 atom stereocenters. The summed E-state index contributed by atoms with van der Waals surface area (Å²) in [6.45, 7) is 2.05. The highest BCUT2D eigenvalue weighted by atomic mass is 16.5. The molecule has 8 nitrogen and oxygen atoms in total. The van der Waals surface area contributed by atoms with Gasteiger partial charge < -0.3 is 15.4 Å². The molecule has 1 aromatic rings. The first-order chi connectivity index (χ1) is 12.0. The molecule has 0 bridgehead atoms. The van der Waals surface area contributed by atoms with Crippen molar-refractivity contribution >= 4 is 35.6 Å². The first-order valence-corrected chi connectivity index (χ1v) is 7.84. The number of nitrogens with one attached hydrogen (secondary N) is 3. The van der Waals surface area contributed by atoms with Gasteiger partial charge in [0, 0.05) is 18.2 Å². The quantitative estimate of drug-likeness (QED) is 0.390. The number of rotatable bonds is 7. The van der Waals surface area contributed by atoms with Crippen molar-refractivity contribution in [1.82, 2.24) is 10.6 Å². The third kappa shape index (κ3) is 5.76. The Hall–Kier alpha value is -3.16. The van der Waals surface area contributed by atoms with Crippen LogP contribution in [-0.2, 0) is 19.1 Å². The molecule has 8 heteroatoms. The van der Waals surface area contributed by atoms with Gasteiger partial charge in [-0.05, 0) is 37.1 Å². The van der Waals surface area contributed by atoms with E-state index in [1.54, 1.807) is 37.3 Å². The van der Waals surface area contributed by atoms with E-state index in [4.69, 9.17) is 4.74 Å². The molecule has 132 valence electrons. The number of carbonyl (C=O) groups is 4. The number of esters is 1. The Morgan fingerprint density at radius 1 is 1.24 bits per heavy atom. The summed E-state index contributed by atoms with van der Waals surface area (Å²) in [6.07, 6.45) is 3.27. The van der Waals surface area contributed by atoms with Gasteiger partial charge >= 0.3 is 12.0 Å². The Kier molecular flexibility index (Phi) is 6.27. The molecule has 1 fully saturated rings. The van der Waals surface area contributed by atoms with Gasteiger partial charge in [-0.25, -0.2) is 9.59 Å². The minimum atomic E-state index is -0.673. The number of anilines is 1. The van der Waals surface area contributed by atoms with Gasteiger partial charge in [-0.15, -0.1) is 0 Å². The van der Waals surface area contributed by atoms with Crippen LogP contribution in [0.25, 0.3) is 6.08 Å². The van der Waals surface area contributed by atoms with E-state index in [1.165, 1.54) is 6.08 Å². The summed E-state index contributed by atoms with van der Waals surface area (Å²) in [7, 11) is 0. The molecule has 4 amide bonds. The monoisotopic (exact) mass is 345 g/mol. The second kappa shape index (κ2) is 8.62. The molecule has 0 radical (unpaired) electrons. The normalized spacial score (nSPS) is 16.4. The lowest BCUT2D eigenvalue weighted by Crippen LogP contribution is -2.30. The molecule has 1 aromatic carbocycles. The third-order valence-corrected chi connectivity index (χ3v) is 3.41. The van der Waals surface area contributed by atoms with Gasteiger partial charge in [-0.3, -0.25) is 14.9 Å². The number of hydrogen-bond donors (Lipinski definition) is 3. The van der Waals surface area contributed by atoms with E-state index in [9.17, 15) is 19.2 Å². The smallest absolute Gasteiger partial charge is 0.330 e. The van der Waals surface area contributed by atoms with Crippen LogP contribution >= 0.6 is 0 Å². The van der Waals surface area contributed by atoms with Crippen molar-refractivity contribution in [2.45, 2.75) is 25.8 Å². The summed E-state index contributed by atoms with van der Waals surface area (Å²) >= 11 is 0.